The van der Waals surface area contributed by atoms with E-state index in [0.717, 1.165) is 96.3 Å². The van der Waals surface area contributed by atoms with E-state index in [9.17, 15) is 19.5 Å². The molecular formula is C50H90N2O5. The molecule has 0 aliphatic heterocycles. The van der Waals surface area contributed by atoms with Gasteiger partial charge < -0.3 is 20.9 Å². The van der Waals surface area contributed by atoms with Crippen LogP contribution in [0.15, 0.2) is 48.6 Å². The summed E-state index contributed by atoms with van der Waals surface area (Å²) in [6.45, 7) is 4.84. The molecule has 0 fully saturated rings. The molecule has 4 N–H and O–H groups in total. The van der Waals surface area contributed by atoms with Gasteiger partial charge in [0.1, 0.15) is 12.1 Å². The van der Waals surface area contributed by atoms with E-state index in [-0.39, 0.29) is 18.0 Å². The summed E-state index contributed by atoms with van der Waals surface area (Å²) in [5.41, 5.74) is 5.49. The zero-order valence-electron chi connectivity index (χ0n) is 37.2. The summed E-state index contributed by atoms with van der Waals surface area (Å²) in [6.07, 6.45) is 54.4. The Bertz CT molecular complexity index is 1040. The molecule has 0 aliphatic carbocycles. The van der Waals surface area contributed by atoms with Crippen LogP contribution < -0.4 is 11.1 Å². The minimum atomic E-state index is -1.00. The van der Waals surface area contributed by atoms with Crippen molar-refractivity contribution in [1.29, 1.82) is 0 Å². The predicted molar refractivity (Wildman–Crippen MR) is 243 cm³/mol. The number of nitrogens with one attached hydrogen (secondary N) is 1. The molecule has 0 spiro atoms. The number of hydrogen-bond donors (Lipinski definition) is 3. The number of ether oxygens (including phenoxy) is 1. The minimum absolute atomic E-state index is 0.00577. The van der Waals surface area contributed by atoms with Gasteiger partial charge in [-0.15, -0.1) is 0 Å². The fraction of sp³-hybridized carbons (Fsp3) is 0.780. The van der Waals surface area contributed by atoms with Gasteiger partial charge in [0.15, 0.2) is 0 Å². The summed E-state index contributed by atoms with van der Waals surface area (Å²) in [5.74, 6) is -1.24. The van der Waals surface area contributed by atoms with Crippen molar-refractivity contribution >= 4 is 17.8 Å². The van der Waals surface area contributed by atoms with Gasteiger partial charge >= 0.3 is 11.9 Å². The molecule has 57 heavy (non-hydrogen) atoms. The van der Waals surface area contributed by atoms with Gasteiger partial charge in [-0.3, -0.25) is 9.59 Å². The molecule has 0 aliphatic rings. The number of unbranched alkanes of at least 4 members (excludes halogenated alkanes) is 21. The first kappa shape index (κ1) is 54.3. The molecule has 7 heteroatoms. The largest absolute Gasteiger partial charge is 0.480 e. The zero-order chi connectivity index (χ0) is 41.7. The second kappa shape index (κ2) is 44.4. The van der Waals surface area contributed by atoms with Crippen LogP contribution in [-0.2, 0) is 19.1 Å². The molecule has 1 amide bonds. The van der Waals surface area contributed by atoms with Crippen molar-refractivity contribution in [3.63, 3.8) is 0 Å². The predicted octanol–water partition coefficient (Wildman–Crippen LogP) is 14.0. The number of nitrogens with two attached hydrogens (primary N) is 1. The lowest BCUT2D eigenvalue weighted by molar-refractivity contribution is -0.150. The maximum atomic E-state index is 12.8. The third-order valence-electron chi connectivity index (χ3n) is 10.7. The highest BCUT2D eigenvalue weighted by Crippen LogP contribution is 2.19. The summed E-state index contributed by atoms with van der Waals surface area (Å²) < 4.78 is 6.07. The number of amides is 1. The Morgan fingerprint density at radius 1 is 0.526 bits per heavy atom. The number of aliphatic carboxylic acids is 1. The first-order chi connectivity index (χ1) is 27.9. The molecule has 0 aromatic carbocycles. The van der Waals surface area contributed by atoms with Crippen LogP contribution in [0.4, 0.5) is 0 Å². The Balaban J connectivity index is 4.30. The van der Waals surface area contributed by atoms with Gasteiger partial charge in [0.05, 0.1) is 0 Å². The molecule has 0 aromatic heterocycles. The maximum absolute atomic E-state index is 12.8. The van der Waals surface area contributed by atoms with Crippen LogP contribution in [0.3, 0.4) is 0 Å². The summed E-state index contributed by atoms with van der Waals surface area (Å²) in [6, 6.07) is -0.858. The quantitative estimate of drug-likeness (QED) is 0.0321. The summed E-state index contributed by atoms with van der Waals surface area (Å²) in [4.78, 5) is 36.5. The number of hydrogen-bond acceptors (Lipinski definition) is 5. The van der Waals surface area contributed by atoms with Crippen LogP contribution in [0.25, 0.3) is 0 Å². The molecular weight excluding hydrogens is 709 g/mol. The minimum Gasteiger partial charge on any atom is -0.480 e. The Labute approximate surface area is 351 Å². The van der Waals surface area contributed by atoms with Gasteiger partial charge in [-0.25, -0.2) is 4.79 Å². The molecule has 0 heterocycles. The van der Waals surface area contributed by atoms with Crippen molar-refractivity contribution in [1.82, 2.24) is 5.32 Å². The molecule has 0 radical (unpaired) electrons. The van der Waals surface area contributed by atoms with Crippen molar-refractivity contribution in [2.75, 3.05) is 6.54 Å². The van der Waals surface area contributed by atoms with E-state index in [1.54, 1.807) is 0 Å². The third kappa shape index (κ3) is 41.3. The van der Waals surface area contributed by atoms with Crippen LogP contribution in [0.1, 0.15) is 232 Å². The van der Waals surface area contributed by atoms with E-state index in [2.05, 4.69) is 67.8 Å². The van der Waals surface area contributed by atoms with Crippen molar-refractivity contribution in [2.24, 2.45) is 5.73 Å². The number of carboxylic acids is 1. The lowest BCUT2D eigenvalue weighted by Crippen LogP contribution is -2.40. The molecule has 0 saturated heterocycles. The molecule has 0 bridgehead atoms. The number of allylic oxidation sites excluding steroid dienone is 8. The van der Waals surface area contributed by atoms with Gasteiger partial charge in [0.25, 0.3) is 0 Å². The highest BCUT2D eigenvalue weighted by Gasteiger charge is 2.19. The number of carboxylic acid groups (broad SMARTS) is 1. The fourth-order valence-corrected chi connectivity index (χ4v) is 7.09. The van der Waals surface area contributed by atoms with Crippen LogP contribution in [0.5, 0.6) is 0 Å². The Morgan fingerprint density at radius 3 is 1.46 bits per heavy atom. The van der Waals surface area contributed by atoms with Crippen molar-refractivity contribution < 1.29 is 24.2 Å². The van der Waals surface area contributed by atoms with Crippen LogP contribution in [-0.4, -0.2) is 41.6 Å². The number of carbonyl (C=O) groups excluding carboxylic acids is 2. The van der Waals surface area contributed by atoms with E-state index in [1.807, 2.05) is 0 Å². The highest BCUT2D eigenvalue weighted by molar-refractivity contribution is 5.83. The monoisotopic (exact) mass is 799 g/mol. The van der Waals surface area contributed by atoms with Crippen molar-refractivity contribution in [3.8, 4) is 0 Å². The van der Waals surface area contributed by atoms with E-state index in [0.29, 0.717) is 32.2 Å². The Hall–Kier alpha value is -2.67. The summed E-state index contributed by atoms with van der Waals surface area (Å²) in [5, 5.41) is 12.0. The third-order valence-corrected chi connectivity index (χ3v) is 10.7. The zero-order valence-corrected chi connectivity index (χ0v) is 37.2. The van der Waals surface area contributed by atoms with Crippen LogP contribution >= 0.6 is 0 Å². The summed E-state index contributed by atoms with van der Waals surface area (Å²) >= 11 is 0. The molecule has 0 saturated carbocycles. The Morgan fingerprint density at radius 2 is 0.965 bits per heavy atom. The Kier molecular flexibility index (Phi) is 42.4. The smallest absolute Gasteiger partial charge is 0.326 e. The van der Waals surface area contributed by atoms with Crippen LogP contribution in [0, 0.1) is 0 Å². The number of rotatable bonds is 43. The SMILES string of the molecule is CC/C=C\C/C=C\C/C=C\C/C=C\CCCCCCCCC(=O)OC(CCCCCCCCCCCCCC)CCCCCCCC(=O)NC(CCCN)C(=O)O. The average molecular weight is 799 g/mol. The van der Waals surface area contributed by atoms with Gasteiger partial charge in [-0.1, -0.05) is 178 Å². The van der Waals surface area contributed by atoms with E-state index < -0.39 is 12.0 Å². The first-order valence-electron chi connectivity index (χ1n) is 24.0. The molecule has 2 atom stereocenters. The van der Waals surface area contributed by atoms with Gasteiger partial charge in [0.2, 0.25) is 5.91 Å². The standard InChI is InChI=1S/C50H90N2O5/c1-3-5-7-9-11-13-15-17-18-19-20-21-22-23-25-27-29-34-38-44-49(54)57-46(40-35-31-28-26-24-16-14-12-10-8-6-4-2)41-36-32-30-33-37-43-48(53)52-47(50(55)56)42-39-45-51/h5,7,11,13,17-18,20-21,46-47H,3-4,6,8-10,12,14-16,19,22-45,51H2,1-2H3,(H,52,53)(H,55,56)/b7-5-,13-11-,18-17-,21-20-. The normalized spacial score (nSPS) is 13.0. The molecule has 330 valence electrons. The van der Waals surface area contributed by atoms with E-state index in [1.165, 1.54) is 96.3 Å². The second-order valence-corrected chi connectivity index (χ2v) is 16.1. The van der Waals surface area contributed by atoms with E-state index >= 15 is 0 Å². The topological polar surface area (TPSA) is 119 Å². The average Bonchev–Trinajstić information content (AvgIpc) is 3.20. The van der Waals surface area contributed by atoms with Gasteiger partial charge in [0, 0.05) is 12.8 Å². The summed E-state index contributed by atoms with van der Waals surface area (Å²) in [7, 11) is 0. The molecule has 0 rings (SSSR count). The second-order valence-electron chi connectivity index (χ2n) is 16.1. The van der Waals surface area contributed by atoms with E-state index in [4.69, 9.17) is 10.5 Å². The molecule has 0 aromatic rings. The first-order valence-corrected chi connectivity index (χ1v) is 24.0. The molecule has 2 unspecified atom stereocenters. The number of esters is 1. The number of carbonyl (C=O) groups is 3. The van der Waals surface area contributed by atoms with Gasteiger partial charge in [-0.2, -0.15) is 0 Å². The van der Waals surface area contributed by atoms with Gasteiger partial charge in [-0.05, 0) is 96.4 Å². The van der Waals surface area contributed by atoms with Crippen LogP contribution in [0.2, 0.25) is 0 Å². The lowest BCUT2D eigenvalue weighted by atomic mass is 10.0. The fourth-order valence-electron chi connectivity index (χ4n) is 7.09. The highest BCUT2D eigenvalue weighted by atomic mass is 16.5. The molecule has 7 nitrogen and oxygen atoms in total. The maximum Gasteiger partial charge on any atom is 0.326 e. The van der Waals surface area contributed by atoms with Crippen molar-refractivity contribution in [3.05, 3.63) is 48.6 Å². The van der Waals surface area contributed by atoms with Crippen molar-refractivity contribution in [2.45, 2.75) is 244 Å². The lowest BCUT2D eigenvalue weighted by Gasteiger charge is -2.18.